The summed E-state index contributed by atoms with van der Waals surface area (Å²) in [6.07, 6.45) is 4.30. The minimum atomic E-state index is -1.38. The lowest BCUT2D eigenvalue weighted by atomic mass is 9.97. The summed E-state index contributed by atoms with van der Waals surface area (Å²) in [6.45, 7) is 6.69. The van der Waals surface area contributed by atoms with Crippen molar-refractivity contribution in [2.45, 2.75) is 51.8 Å². The number of methoxy groups -OCH3 is 1. The molecule has 38 heavy (non-hydrogen) atoms. The van der Waals surface area contributed by atoms with Crippen molar-refractivity contribution in [3.05, 3.63) is 59.7 Å². The average molecular weight is 523 g/mol. The number of amides is 4. The topological polar surface area (TPSA) is 140 Å². The number of nitrogens with two attached hydrogens (primary N) is 1. The van der Waals surface area contributed by atoms with E-state index >= 15 is 0 Å². The molecule has 0 saturated carbocycles. The van der Waals surface area contributed by atoms with E-state index in [1.54, 1.807) is 76.2 Å². The number of likely N-dealkylation sites (N-methyl/N-ethyl adjacent to an activating group) is 1. The lowest BCUT2D eigenvalue weighted by molar-refractivity contribution is -0.141. The van der Waals surface area contributed by atoms with Crippen LogP contribution in [-0.2, 0) is 19.1 Å². The van der Waals surface area contributed by atoms with Gasteiger partial charge in [-0.2, -0.15) is 0 Å². The fourth-order valence-electron chi connectivity index (χ4n) is 3.72. The predicted octanol–water partition coefficient (Wildman–Crippen LogP) is 2.97. The second-order valence-electron chi connectivity index (χ2n) is 9.35. The van der Waals surface area contributed by atoms with Gasteiger partial charge in [0.05, 0.1) is 13.5 Å². The van der Waals surface area contributed by atoms with E-state index in [4.69, 9.17) is 21.6 Å². The summed E-state index contributed by atoms with van der Waals surface area (Å²) in [5.74, 6) is 1.07. The molecule has 0 radical (unpaired) electrons. The third-order valence-electron chi connectivity index (χ3n) is 5.35. The monoisotopic (exact) mass is 522 g/mol. The van der Waals surface area contributed by atoms with Gasteiger partial charge in [-0.1, -0.05) is 24.1 Å². The van der Waals surface area contributed by atoms with Crippen molar-refractivity contribution in [1.29, 1.82) is 0 Å². The van der Waals surface area contributed by atoms with Gasteiger partial charge in [0.2, 0.25) is 11.8 Å². The SMILES string of the molecule is C#Cc1ccccc1C(C(=O)Nc1ccc(OC)cc1)N(CC)C(=O)C(CC(N)=O)NC(=O)OC(C)(C)C. The number of benzene rings is 2. The minimum Gasteiger partial charge on any atom is -0.497 e. The fraction of sp³-hybridized carbons (Fsp3) is 0.357. The molecule has 4 N–H and O–H groups in total. The van der Waals surface area contributed by atoms with E-state index in [1.165, 1.54) is 12.0 Å². The first-order valence-corrected chi connectivity index (χ1v) is 12.0. The number of carbonyl (C=O) groups is 4. The number of nitrogens with one attached hydrogen (secondary N) is 2. The average Bonchev–Trinajstić information content (AvgIpc) is 2.85. The normalized spacial score (nSPS) is 12.3. The molecule has 202 valence electrons. The molecule has 0 saturated heterocycles. The van der Waals surface area contributed by atoms with Gasteiger partial charge in [0, 0.05) is 17.8 Å². The first-order chi connectivity index (χ1) is 17.9. The molecule has 0 aliphatic rings. The number of carbonyl (C=O) groups excluding carboxylic acids is 4. The van der Waals surface area contributed by atoms with Crippen LogP contribution in [0.2, 0.25) is 0 Å². The maximum Gasteiger partial charge on any atom is 0.408 e. The Bertz CT molecular complexity index is 1200. The zero-order valence-corrected chi connectivity index (χ0v) is 22.2. The number of hydrogen-bond acceptors (Lipinski definition) is 6. The van der Waals surface area contributed by atoms with E-state index in [9.17, 15) is 19.2 Å². The van der Waals surface area contributed by atoms with Crippen LogP contribution in [-0.4, -0.2) is 54.0 Å². The number of hydrogen-bond donors (Lipinski definition) is 3. The molecule has 4 amide bonds. The van der Waals surface area contributed by atoms with E-state index in [0.29, 0.717) is 22.6 Å². The Morgan fingerprint density at radius 2 is 1.71 bits per heavy atom. The fourth-order valence-corrected chi connectivity index (χ4v) is 3.72. The van der Waals surface area contributed by atoms with E-state index in [2.05, 4.69) is 16.6 Å². The molecule has 2 unspecified atom stereocenters. The lowest BCUT2D eigenvalue weighted by Crippen LogP contribution is -2.53. The minimum absolute atomic E-state index is 0.0453. The number of rotatable bonds is 10. The van der Waals surface area contributed by atoms with Gasteiger partial charge >= 0.3 is 6.09 Å². The van der Waals surface area contributed by atoms with Gasteiger partial charge in [0.25, 0.3) is 5.91 Å². The molecule has 0 fully saturated rings. The van der Waals surface area contributed by atoms with E-state index in [1.807, 2.05) is 0 Å². The van der Waals surface area contributed by atoms with Crippen LogP contribution in [0, 0.1) is 12.3 Å². The van der Waals surface area contributed by atoms with E-state index in [0.717, 1.165) is 0 Å². The van der Waals surface area contributed by atoms with Crippen molar-refractivity contribution in [1.82, 2.24) is 10.2 Å². The third-order valence-corrected chi connectivity index (χ3v) is 5.35. The van der Waals surface area contributed by atoms with Gasteiger partial charge in [-0.05, 0) is 63.6 Å². The number of anilines is 1. The zero-order chi connectivity index (χ0) is 28.5. The van der Waals surface area contributed by atoms with E-state index < -0.39 is 47.9 Å². The molecule has 0 aliphatic heterocycles. The largest absolute Gasteiger partial charge is 0.497 e. The van der Waals surface area contributed by atoms with E-state index in [-0.39, 0.29) is 6.54 Å². The van der Waals surface area contributed by atoms with Crippen molar-refractivity contribution in [3.63, 3.8) is 0 Å². The molecule has 0 spiro atoms. The maximum atomic E-state index is 13.8. The number of nitrogens with zero attached hydrogens (tertiary/aromatic N) is 1. The Kier molecular flexibility index (Phi) is 10.3. The highest BCUT2D eigenvalue weighted by atomic mass is 16.6. The van der Waals surface area contributed by atoms with Gasteiger partial charge < -0.3 is 30.7 Å². The number of terminal acetylenes is 1. The Morgan fingerprint density at radius 1 is 1.08 bits per heavy atom. The van der Waals surface area contributed by atoms with Crippen LogP contribution in [0.1, 0.15) is 51.3 Å². The Balaban J connectivity index is 2.50. The molecule has 2 atom stereocenters. The Hall–Kier alpha value is -4.52. The molecule has 0 aliphatic carbocycles. The standard InChI is InChI=1S/C28H34N4O6/c1-7-18-11-9-10-12-21(18)24(25(34)30-19-13-15-20(37-6)16-14-19)32(8-2)26(35)22(17-23(29)33)31-27(36)38-28(3,4)5/h1,9-16,22,24H,8,17H2,2-6H3,(H2,29,33)(H,30,34)(H,31,36). The molecule has 0 bridgehead atoms. The second-order valence-corrected chi connectivity index (χ2v) is 9.35. The highest BCUT2D eigenvalue weighted by Crippen LogP contribution is 2.27. The van der Waals surface area contributed by atoms with Gasteiger partial charge in [0.15, 0.2) is 0 Å². The summed E-state index contributed by atoms with van der Waals surface area (Å²) in [7, 11) is 1.53. The summed E-state index contributed by atoms with van der Waals surface area (Å²) >= 11 is 0. The van der Waals surface area contributed by atoms with Crippen LogP contribution >= 0.6 is 0 Å². The van der Waals surface area contributed by atoms with Crippen LogP contribution in [0.15, 0.2) is 48.5 Å². The second kappa shape index (κ2) is 13.1. The Labute approximate surface area is 222 Å². The van der Waals surface area contributed by atoms with Crippen LogP contribution in [0.5, 0.6) is 5.75 Å². The van der Waals surface area contributed by atoms with Crippen molar-refractivity contribution in [3.8, 4) is 18.1 Å². The van der Waals surface area contributed by atoms with Crippen molar-refractivity contribution in [2.24, 2.45) is 5.73 Å². The number of ether oxygens (including phenoxy) is 2. The molecule has 2 rings (SSSR count). The van der Waals surface area contributed by atoms with Gasteiger partial charge in [-0.15, -0.1) is 6.42 Å². The van der Waals surface area contributed by atoms with Crippen molar-refractivity contribution in [2.75, 3.05) is 19.0 Å². The maximum absolute atomic E-state index is 13.8. The van der Waals surface area contributed by atoms with Gasteiger partial charge in [-0.25, -0.2) is 4.79 Å². The molecule has 2 aromatic rings. The molecule has 10 heteroatoms. The van der Waals surface area contributed by atoms with Crippen LogP contribution < -0.4 is 21.1 Å². The van der Waals surface area contributed by atoms with Crippen LogP contribution in [0.4, 0.5) is 10.5 Å². The van der Waals surface area contributed by atoms with Crippen LogP contribution in [0.25, 0.3) is 0 Å². The lowest BCUT2D eigenvalue weighted by Gasteiger charge is -2.34. The summed E-state index contributed by atoms with van der Waals surface area (Å²) in [4.78, 5) is 53.0. The highest BCUT2D eigenvalue weighted by molar-refractivity contribution is 6.00. The first-order valence-electron chi connectivity index (χ1n) is 12.0. The quantitative estimate of drug-likeness (QED) is 0.410. The summed E-state index contributed by atoms with van der Waals surface area (Å²) in [6, 6.07) is 10.8. The van der Waals surface area contributed by atoms with Crippen molar-refractivity contribution >= 4 is 29.5 Å². The summed E-state index contributed by atoms with van der Waals surface area (Å²) < 4.78 is 10.4. The summed E-state index contributed by atoms with van der Waals surface area (Å²) in [5, 5.41) is 5.22. The Morgan fingerprint density at radius 3 is 2.24 bits per heavy atom. The van der Waals surface area contributed by atoms with Gasteiger partial charge in [0.1, 0.15) is 23.4 Å². The van der Waals surface area contributed by atoms with Crippen molar-refractivity contribution < 1.29 is 28.7 Å². The molecular weight excluding hydrogens is 488 g/mol. The molecular formula is C28H34N4O6. The summed E-state index contributed by atoms with van der Waals surface area (Å²) in [5.41, 5.74) is 5.79. The predicted molar refractivity (Wildman–Crippen MR) is 143 cm³/mol. The zero-order valence-electron chi connectivity index (χ0n) is 22.2. The smallest absolute Gasteiger partial charge is 0.408 e. The molecule has 10 nitrogen and oxygen atoms in total. The molecule has 0 heterocycles. The molecule has 0 aromatic heterocycles. The van der Waals surface area contributed by atoms with Crippen LogP contribution in [0.3, 0.4) is 0 Å². The third kappa shape index (κ3) is 8.27. The number of alkyl carbamates (subject to hydrolysis) is 1. The first kappa shape index (κ1) is 29.7. The number of primary amides is 1. The highest BCUT2D eigenvalue weighted by Gasteiger charge is 2.37. The molecule has 2 aromatic carbocycles. The van der Waals surface area contributed by atoms with Gasteiger partial charge in [-0.3, -0.25) is 14.4 Å².